The van der Waals surface area contributed by atoms with Crippen molar-refractivity contribution in [2.75, 3.05) is 5.73 Å². The lowest BCUT2D eigenvalue weighted by Crippen LogP contribution is -2.13. The molecule has 1 aliphatic carbocycles. The Balaban J connectivity index is 2.40. The van der Waals surface area contributed by atoms with E-state index in [1.807, 2.05) is 0 Å². The average Bonchev–Trinajstić information content (AvgIpc) is 2.29. The molecule has 66 valence electrons. The molecule has 2 rings (SSSR count). The molecule has 2 nitrogen and oxygen atoms in total. The van der Waals surface area contributed by atoms with Crippen molar-refractivity contribution in [1.82, 2.24) is 4.98 Å². The number of nitrogen functional groups attached to an aromatic ring is 1. The Morgan fingerprint density at radius 3 is 3.00 bits per heavy atom. The lowest BCUT2D eigenvalue weighted by atomic mass is 9.85. The Morgan fingerprint density at radius 2 is 2.25 bits per heavy atom. The summed E-state index contributed by atoms with van der Waals surface area (Å²) in [5, 5.41) is 0.737. The fourth-order valence-electron chi connectivity index (χ4n) is 2.03. The normalized spacial score (nSPS) is 28.5. The molecule has 2 atom stereocenters. The highest BCUT2D eigenvalue weighted by molar-refractivity contribution is 7.15. The van der Waals surface area contributed by atoms with E-state index in [0.717, 1.165) is 11.0 Å². The Morgan fingerprint density at radius 1 is 1.50 bits per heavy atom. The van der Waals surface area contributed by atoms with Crippen molar-refractivity contribution >= 4 is 16.5 Å². The molecule has 0 amide bonds. The van der Waals surface area contributed by atoms with Crippen molar-refractivity contribution in [3.05, 3.63) is 10.6 Å². The van der Waals surface area contributed by atoms with Crippen LogP contribution >= 0.6 is 11.3 Å². The van der Waals surface area contributed by atoms with E-state index in [1.165, 1.54) is 23.4 Å². The van der Waals surface area contributed by atoms with Gasteiger partial charge in [-0.25, -0.2) is 4.98 Å². The lowest BCUT2D eigenvalue weighted by Gasteiger charge is -2.22. The summed E-state index contributed by atoms with van der Waals surface area (Å²) in [7, 11) is 0. The number of hydrogen-bond acceptors (Lipinski definition) is 3. The number of rotatable bonds is 0. The Labute approximate surface area is 76.8 Å². The highest BCUT2D eigenvalue weighted by atomic mass is 32.1. The number of anilines is 1. The van der Waals surface area contributed by atoms with Crippen molar-refractivity contribution in [3.63, 3.8) is 0 Å². The summed E-state index contributed by atoms with van der Waals surface area (Å²) in [6.45, 7) is 4.54. The van der Waals surface area contributed by atoms with Crippen LogP contribution in [0.4, 0.5) is 5.13 Å². The molecule has 1 aliphatic rings. The van der Waals surface area contributed by atoms with E-state index in [-0.39, 0.29) is 0 Å². The topological polar surface area (TPSA) is 38.9 Å². The summed E-state index contributed by atoms with van der Waals surface area (Å²) >= 11 is 1.66. The minimum absolute atomic E-state index is 0.609. The Kier molecular flexibility index (Phi) is 1.83. The van der Waals surface area contributed by atoms with Crippen LogP contribution in [0.3, 0.4) is 0 Å². The van der Waals surface area contributed by atoms with Crippen molar-refractivity contribution < 1.29 is 0 Å². The van der Waals surface area contributed by atoms with Gasteiger partial charge in [-0.3, -0.25) is 0 Å². The number of hydrogen-bond donors (Lipinski definition) is 1. The maximum absolute atomic E-state index is 5.67. The lowest BCUT2D eigenvalue weighted by molar-refractivity contribution is 0.448. The van der Waals surface area contributed by atoms with E-state index in [0.29, 0.717) is 5.92 Å². The van der Waals surface area contributed by atoms with Gasteiger partial charge in [-0.1, -0.05) is 13.8 Å². The van der Waals surface area contributed by atoms with Gasteiger partial charge in [-0.15, -0.1) is 11.3 Å². The summed E-state index contributed by atoms with van der Waals surface area (Å²) in [4.78, 5) is 5.78. The molecule has 2 unspecified atom stereocenters. The number of thiazole rings is 1. The van der Waals surface area contributed by atoms with Crippen LogP contribution in [-0.4, -0.2) is 4.98 Å². The zero-order valence-corrected chi connectivity index (χ0v) is 8.32. The molecule has 0 fully saturated rings. The summed E-state index contributed by atoms with van der Waals surface area (Å²) in [6, 6.07) is 0. The quantitative estimate of drug-likeness (QED) is 0.669. The Hall–Kier alpha value is -0.570. The van der Waals surface area contributed by atoms with Crippen molar-refractivity contribution in [3.8, 4) is 0 Å². The standard InChI is InChI=1S/C9H14N2S/c1-5-3-6(2)8-7(4-5)12-9(10)11-8/h5-6H,3-4H2,1-2H3,(H2,10,11). The summed E-state index contributed by atoms with van der Waals surface area (Å²) in [6.07, 6.45) is 2.44. The van der Waals surface area contributed by atoms with Crippen LogP contribution in [0, 0.1) is 5.92 Å². The number of fused-ring (bicyclic) bond motifs is 1. The highest BCUT2D eigenvalue weighted by Gasteiger charge is 2.24. The van der Waals surface area contributed by atoms with E-state index >= 15 is 0 Å². The molecule has 3 heteroatoms. The summed E-state index contributed by atoms with van der Waals surface area (Å²) in [5.74, 6) is 1.41. The van der Waals surface area contributed by atoms with Crippen LogP contribution in [0.2, 0.25) is 0 Å². The molecule has 0 aliphatic heterocycles. The molecule has 0 spiro atoms. The van der Waals surface area contributed by atoms with Gasteiger partial charge in [0.05, 0.1) is 5.69 Å². The molecule has 2 N–H and O–H groups in total. The molecule has 1 heterocycles. The third-order valence-corrected chi connectivity index (χ3v) is 3.42. The van der Waals surface area contributed by atoms with Crippen LogP contribution in [0.15, 0.2) is 0 Å². The maximum atomic E-state index is 5.67. The highest BCUT2D eigenvalue weighted by Crippen LogP contribution is 2.37. The molecule has 1 aromatic heterocycles. The third kappa shape index (κ3) is 1.22. The largest absolute Gasteiger partial charge is 0.375 e. The second-order valence-electron chi connectivity index (χ2n) is 3.81. The van der Waals surface area contributed by atoms with Crippen molar-refractivity contribution in [2.24, 2.45) is 5.92 Å². The molecule has 0 saturated heterocycles. The second-order valence-corrected chi connectivity index (χ2v) is 4.92. The minimum Gasteiger partial charge on any atom is -0.375 e. The van der Waals surface area contributed by atoms with Gasteiger partial charge in [0.1, 0.15) is 0 Å². The third-order valence-electron chi connectivity index (χ3n) is 2.50. The number of nitrogens with two attached hydrogens (primary N) is 1. The van der Waals surface area contributed by atoms with Crippen LogP contribution in [-0.2, 0) is 6.42 Å². The molecular weight excluding hydrogens is 168 g/mol. The van der Waals surface area contributed by atoms with Gasteiger partial charge in [0.15, 0.2) is 5.13 Å². The molecule has 0 saturated carbocycles. The zero-order chi connectivity index (χ0) is 8.72. The first kappa shape index (κ1) is 8.05. The predicted octanol–water partition coefficient (Wildman–Crippen LogP) is 2.41. The Bertz CT molecular complexity index is 293. The fourth-order valence-corrected chi connectivity index (χ4v) is 3.14. The first-order valence-corrected chi connectivity index (χ1v) is 5.23. The fraction of sp³-hybridized carbons (Fsp3) is 0.667. The van der Waals surface area contributed by atoms with Gasteiger partial charge in [0, 0.05) is 4.88 Å². The first-order chi connectivity index (χ1) is 5.66. The molecule has 12 heavy (non-hydrogen) atoms. The van der Waals surface area contributed by atoms with Gasteiger partial charge in [-0.2, -0.15) is 0 Å². The van der Waals surface area contributed by atoms with E-state index < -0.39 is 0 Å². The molecular formula is C9H14N2S. The van der Waals surface area contributed by atoms with E-state index in [9.17, 15) is 0 Å². The van der Waals surface area contributed by atoms with E-state index in [4.69, 9.17) is 5.73 Å². The first-order valence-electron chi connectivity index (χ1n) is 4.42. The smallest absolute Gasteiger partial charge is 0.180 e. The van der Waals surface area contributed by atoms with Crippen LogP contribution in [0.5, 0.6) is 0 Å². The minimum atomic E-state index is 0.609. The van der Waals surface area contributed by atoms with Gasteiger partial charge < -0.3 is 5.73 Å². The van der Waals surface area contributed by atoms with Crippen LogP contribution < -0.4 is 5.73 Å². The predicted molar refractivity (Wildman–Crippen MR) is 52.4 cm³/mol. The van der Waals surface area contributed by atoms with Crippen molar-refractivity contribution in [1.29, 1.82) is 0 Å². The average molecular weight is 182 g/mol. The molecule has 0 aromatic carbocycles. The van der Waals surface area contributed by atoms with Crippen molar-refractivity contribution in [2.45, 2.75) is 32.6 Å². The monoisotopic (exact) mass is 182 g/mol. The SMILES string of the molecule is CC1Cc2sc(N)nc2C(C)C1. The van der Waals surface area contributed by atoms with E-state index in [2.05, 4.69) is 18.8 Å². The van der Waals surface area contributed by atoms with Gasteiger partial charge in [-0.05, 0) is 24.7 Å². The van der Waals surface area contributed by atoms with Gasteiger partial charge >= 0.3 is 0 Å². The molecule has 0 radical (unpaired) electrons. The zero-order valence-electron chi connectivity index (χ0n) is 7.50. The number of aromatic nitrogens is 1. The van der Waals surface area contributed by atoms with Gasteiger partial charge in [0.25, 0.3) is 0 Å². The molecule has 0 bridgehead atoms. The number of nitrogens with zero attached hydrogens (tertiary/aromatic N) is 1. The second kappa shape index (κ2) is 2.73. The van der Waals surface area contributed by atoms with E-state index in [1.54, 1.807) is 11.3 Å². The summed E-state index contributed by atoms with van der Waals surface area (Å²) in [5.41, 5.74) is 6.93. The maximum Gasteiger partial charge on any atom is 0.180 e. The molecule has 1 aromatic rings. The van der Waals surface area contributed by atoms with Gasteiger partial charge in [0.2, 0.25) is 0 Å². The van der Waals surface area contributed by atoms with Crippen LogP contribution in [0.1, 0.15) is 36.8 Å². The van der Waals surface area contributed by atoms with Crippen LogP contribution in [0.25, 0.3) is 0 Å². The summed E-state index contributed by atoms with van der Waals surface area (Å²) < 4.78 is 0.